The van der Waals surface area contributed by atoms with Crippen LogP contribution in [0.1, 0.15) is 5.56 Å². The topological polar surface area (TPSA) is 76.2 Å². The number of anilines is 1. The molecule has 0 bridgehead atoms. The standard InChI is InChI=1S/C13H7F5N2O2/c14-8-7(9(15)11(17)12(18)10(8)16)5-1-4(2-6(21)22)3-20-13(5)19/h1,3H,2H2,(H2,19,20)(H,21,22). The number of benzene rings is 1. The van der Waals surface area contributed by atoms with Crippen LogP contribution in [-0.4, -0.2) is 16.1 Å². The first kappa shape index (κ1) is 15.7. The third-order valence-electron chi connectivity index (χ3n) is 2.81. The fourth-order valence-corrected chi connectivity index (χ4v) is 1.83. The number of nitrogens with zero attached hydrogens (tertiary/aromatic N) is 1. The van der Waals surface area contributed by atoms with E-state index in [-0.39, 0.29) is 5.56 Å². The Hall–Kier alpha value is -2.71. The summed E-state index contributed by atoms with van der Waals surface area (Å²) in [5.74, 6) is -12.5. The molecule has 0 amide bonds. The first-order valence-electron chi connectivity index (χ1n) is 5.72. The normalized spacial score (nSPS) is 10.8. The van der Waals surface area contributed by atoms with Crippen LogP contribution < -0.4 is 5.73 Å². The maximum absolute atomic E-state index is 13.7. The Labute approximate surface area is 120 Å². The zero-order valence-electron chi connectivity index (χ0n) is 10.6. The largest absolute Gasteiger partial charge is 0.481 e. The molecule has 0 atom stereocenters. The Morgan fingerprint density at radius 2 is 1.55 bits per heavy atom. The monoisotopic (exact) mass is 318 g/mol. The summed E-state index contributed by atoms with van der Waals surface area (Å²) < 4.78 is 66.9. The van der Waals surface area contributed by atoms with E-state index in [0.29, 0.717) is 0 Å². The summed E-state index contributed by atoms with van der Waals surface area (Å²) in [6.07, 6.45) is 0.467. The van der Waals surface area contributed by atoms with E-state index in [2.05, 4.69) is 4.98 Å². The lowest BCUT2D eigenvalue weighted by Gasteiger charge is -2.11. The van der Waals surface area contributed by atoms with Gasteiger partial charge in [0.1, 0.15) is 5.82 Å². The second kappa shape index (κ2) is 5.58. The minimum Gasteiger partial charge on any atom is -0.481 e. The number of hydrogen-bond donors (Lipinski definition) is 2. The summed E-state index contributed by atoms with van der Waals surface area (Å²) in [6, 6.07) is 0.911. The number of carbonyl (C=O) groups is 1. The zero-order valence-corrected chi connectivity index (χ0v) is 10.6. The van der Waals surface area contributed by atoms with Gasteiger partial charge < -0.3 is 10.8 Å². The molecule has 116 valence electrons. The molecule has 1 heterocycles. The van der Waals surface area contributed by atoms with Gasteiger partial charge in [0.15, 0.2) is 23.3 Å². The van der Waals surface area contributed by atoms with Crippen molar-refractivity contribution in [2.24, 2.45) is 0 Å². The highest BCUT2D eigenvalue weighted by Gasteiger charge is 2.28. The molecule has 3 N–H and O–H groups in total. The lowest BCUT2D eigenvalue weighted by Crippen LogP contribution is -2.07. The SMILES string of the molecule is Nc1ncc(CC(=O)O)cc1-c1c(F)c(F)c(F)c(F)c1F. The molecule has 2 aromatic rings. The molecule has 0 radical (unpaired) electrons. The second-order valence-corrected chi connectivity index (χ2v) is 4.29. The van der Waals surface area contributed by atoms with Crippen LogP contribution in [0.2, 0.25) is 0 Å². The van der Waals surface area contributed by atoms with E-state index in [4.69, 9.17) is 10.8 Å². The summed E-state index contributed by atoms with van der Waals surface area (Å²) >= 11 is 0. The Kier molecular flexibility index (Phi) is 3.98. The van der Waals surface area contributed by atoms with Gasteiger partial charge in [-0.3, -0.25) is 4.79 Å². The Bertz CT molecular complexity index is 751. The van der Waals surface area contributed by atoms with Gasteiger partial charge in [-0.05, 0) is 11.6 Å². The molecule has 0 saturated carbocycles. The minimum atomic E-state index is -2.30. The van der Waals surface area contributed by atoms with Crippen LogP contribution >= 0.6 is 0 Å². The highest BCUT2D eigenvalue weighted by atomic mass is 19.2. The van der Waals surface area contributed by atoms with E-state index in [1.807, 2.05) is 0 Å². The maximum atomic E-state index is 13.7. The molecule has 0 aliphatic carbocycles. The van der Waals surface area contributed by atoms with E-state index in [1.54, 1.807) is 0 Å². The molecule has 0 aliphatic rings. The predicted octanol–water partition coefficient (Wildman–Crippen LogP) is 2.65. The second-order valence-electron chi connectivity index (χ2n) is 4.29. The number of nitrogen functional groups attached to an aromatic ring is 1. The van der Waals surface area contributed by atoms with Gasteiger partial charge in [-0.2, -0.15) is 0 Å². The van der Waals surface area contributed by atoms with Gasteiger partial charge in [0.25, 0.3) is 0 Å². The lowest BCUT2D eigenvalue weighted by molar-refractivity contribution is -0.136. The van der Waals surface area contributed by atoms with E-state index in [1.165, 1.54) is 0 Å². The van der Waals surface area contributed by atoms with Gasteiger partial charge >= 0.3 is 5.97 Å². The number of rotatable bonds is 3. The summed E-state index contributed by atoms with van der Waals surface area (Å²) in [5, 5.41) is 8.65. The fraction of sp³-hybridized carbons (Fsp3) is 0.0769. The van der Waals surface area contributed by atoms with Crippen LogP contribution in [-0.2, 0) is 11.2 Å². The quantitative estimate of drug-likeness (QED) is 0.518. The van der Waals surface area contributed by atoms with Gasteiger partial charge in [0, 0.05) is 11.8 Å². The first-order valence-corrected chi connectivity index (χ1v) is 5.72. The van der Waals surface area contributed by atoms with Crippen molar-refractivity contribution in [3.05, 3.63) is 46.9 Å². The molecule has 0 fully saturated rings. The van der Waals surface area contributed by atoms with Gasteiger partial charge in [-0.25, -0.2) is 26.9 Å². The number of aromatic nitrogens is 1. The Balaban J connectivity index is 2.74. The van der Waals surface area contributed by atoms with Crippen LogP contribution in [0.15, 0.2) is 12.3 Å². The van der Waals surface area contributed by atoms with Gasteiger partial charge in [-0.1, -0.05) is 0 Å². The number of carboxylic acid groups (broad SMARTS) is 1. The molecule has 0 unspecified atom stereocenters. The molecule has 4 nitrogen and oxygen atoms in total. The number of carboxylic acids is 1. The maximum Gasteiger partial charge on any atom is 0.307 e. The lowest BCUT2D eigenvalue weighted by atomic mass is 10.0. The molecule has 1 aromatic heterocycles. The average Bonchev–Trinajstić information content (AvgIpc) is 2.46. The molecule has 0 spiro atoms. The number of halogens is 5. The number of pyridine rings is 1. The van der Waals surface area contributed by atoms with Crippen LogP contribution in [0, 0.1) is 29.1 Å². The van der Waals surface area contributed by atoms with Crippen molar-refractivity contribution in [1.82, 2.24) is 4.98 Å². The van der Waals surface area contributed by atoms with Crippen molar-refractivity contribution < 1.29 is 31.9 Å². The summed E-state index contributed by atoms with van der Waals surface area (Å²) in [5.41, 5.74) is 3.55. The molecular formula is C13H7F5N2O2. The third-order valence-corrected chi connectivity index (χ3v) is 2.81. The van der Waals surface area contributed by atoms with E-state index >= 15 is 0 Å². The van der Waals surface area contributed by atoms with Crippen molar-refractivity contribution >= 4 is 11.8 Å². The zero-order chi connectivity index (χ0) is 16.6. The van der Waals surface area contributed by atoms with Gasteiger partial charge in [-0.15, -0.1) is 0 Å². The van der Waals surface area contributed by atoms with Crippen molar-refractivity contribution in [3.63, 3.8) is 0 Å². The van der Waals surface area contributed by atoms with E-state index in [9.17, 15) is 26.7 Å². The molecule has 2 rings (SSSR count). The number of nitrogens with two attached hydrogens (primary N) is 1. The Morgan fingerprint density at radius 3 is 2.05 bits per heavy atom. The first-order chi connectivity index (χ1) is 10.2. The third kappa shape index (κ3) is 2.57. The van der Waals surface area contributed by atoms with Crippen LogP contribution in [0.4, 0.5) is 27.8 Å². The highest BCUT2D eigenvalue weighted by Crippen LogP contribution is 2.34. The average molecular weight is 318 g/mol. The summed E-state index contributed by atoms with van der Waals surface area (Å²) in [7, 11) is 0. The molecule has 9 heteroatoms. The van der Waals surface area contributed by atoms with Crippen molar-refractivity contribution in [3.8, 4) is 11.1 Å². The van der Waals surface area contributed by atoms with Crippen molar-refractivity contribution in [2.45, 2.75) is 6.42 Å². The van der Waals surface area contributed by atoms with Gasteiger partial charge in [0.05, 0.1) is 12.0 Å². The predicted molar refractivity (Wildman–Crippen MR) is 65.2 cm³/mol. The molecule has 22 heavy (non-hydrogen) atoms. The van der Waals surface area contributed by atoms with E-state index < -0.39 is 58.4 Å². The van der Waals surface area contributed by atoms with Crippen LogP contribution in [0.5, 0.6) is 0 Å². The fourth-order valence-electron chi connectivity index (χ4n) is 1.83. The smallest absolute Gasteiger partial charge is 0.307 e. The summed E-state index contributed by atoms with van der Waals surface area (Å²) in [4.78, 5) is 14.1. The highest BCUT2D eigenvalue weighted by molar-refractivity contribution is 5.77. The Morgan fingerprint density at radius 1 is 1.05 bits per heavy atom. The van der Waals surface area contributed by atoms with Crippen LogP contribution in [0.25, 0.3) is 11.1 Å². The van der Waals surface area contributed by atoms with Crippen LogP contribution in [0.3, 0.4) is 0 Å². The van der Waals surface area contributed by atoms with Crippen molar-refractivity contribution in [1.29, 1.82) is 0 Å². The van der Waals surface area contributed by atoms with Crippen molar-refractivity contribution in [2.75, 3.05) is 5.73 Å². The molecule has 0 saturated heterocycles. The minimum absolute atomic E-state index is 0.0133. The molecule has 1 aromatic carbocycles. The molecular weight excluding hydrogens is 311 g/mol. The summed E-state index contributed by atoms with van der Waals surface area (Å²) in [6.45, 7) is 0. The van der Waals surface area contributed by atoms with Gasteiger partial charge in [0.2, 0.25) is 5.82 Å². The number of hydrogen-bond acceptors (Lipinski definition) is 3. The molecule has 0 aliphatic heterocycles. The number of aliphatic carboxylic acids is 1. The van der Waals surface area contributed by atoms with E-state index in [0.717, 1.165) is 12.3 Å².